The van der Waals surface area contributed by atoms with Gasteiger partial charge in [0.05, 0.1) is 12.0 Å². The molecule has 3 atom stereocenters. The van der Waals surface area contributed by atoms with Crippen LogP contribution in [0.3, 0.4) is 0 Å². The van der Waals surface area contributed by atoms with E-state index in [4.69, 9.17) is 0 Å². The third kappa shape index (κ3) is 4.56. The minimum atomic E-state index is -0.223. The van der Waals surface area contributed by atoms with E-state index in [1.807, 2.05) is 17.9 Å². The van der Waals surface area contributed by atoms with Gasteiger partial charge in [0.1, 0.15) is 5.82 Å². The van der Waals surface area contributed by atoms with E-state index >= 15 is 0 Å². The summed E-state index contributed by atoms with van der Waals surface area (Å²) >= 11 is 0. The number of nitrogens with one attached hydrogen (secondary N) is 1. The molecule has 1 heterocycles. The van der Waals surface area contributed by atoms with Crippen LogP contribution in [0.5, 0.6) is 0 Å². The van der Waals surface area contributed by atoms with Gasteiger partial charge in [-0.05, 0) is 63.1 Å². The number of carbonyl (C=O) groups is 2. The molecule has 0 radical (unpaired) electrons. The molecule has 1 N–H and O–H groups in total. The molecule has 2 fully saturated rings. The van der Waals surface area contributed by atoms with Crippen molar-refractivity contribution in [2.45, 2.75) is 77.8 Å². The van der Waals surface area contributed by atoms with Gasteiger partial charge in [-0.2, -0.15) is 0 Å². The Labute approximate surface area is 167 Å². The fraction of sp³-hybridized carbons (Fsp3) is 0.652. The highest BCUT2D eigenvalue weighted by Crippen LogP contribution is 2.37. The molecule has 0 bridgehead atoms. The number of hydrogen-bond acceptors (Lipinski definition) is 2. The number of hydrogen-bond donors (Lipinski definition) is 1. The van der Waals surface area contributed by atoms with Crippen LogP contribution in [-0.4, -0.2) is 29.3 Å². The van der Waals surface area contributed by atoms with E-state index in [2.05, 4.69) is 12.2 Å². The summed E-state index contributed by atoms with van der Waals surface area (Å²) in [5.41, 5.74) is 1.58. The normalized spacial score (nSPS) is 24.2. The van der Waals surface area contributed by atoms with Crippen LogP contribution in [0, 0.1) is 24.6 Å². The second-order valence-electron chi connectivity index (χ2n) is 8.59. The minimum absolute atomic E-state index is 0.0484. The number of benzene rings is 1. The molecule has 1 saturated heterocycles. The zero-order valence-electron chi connectivity index (χ0n) is 17.3. The van der Waals surface area contributed by atoms with Crippen molar-refractivity contribution in [1.82, 2.24) is 10.2 Å². The van der Waals surface area contributed by atoms with E-state index in [1.54, 1.807) is 13.0 Å². The van der Waals surface area contributed by atoms with Gasteiger partial charge < -0.3 is 10.2 Å². The first kappa shape index (κ1) is 20.8. The van der Waals surface area contributed by atoms with Crippen molar-refractivity contribution in [3.05, 3.63) is 35.1 Å². The van der Waals surface area contributed by atoms with E-state index in [-0.39, 0.29) is 41.6 Å². The molecule has 4 nitrogen and oxygen atoms in total. The molecule has 0 spiro atoms. The molecule has 5 heteroatoms. The maximum atomic E-state index is 13.8. The number of halogens is 1. The first-order chi connectivity index (χ1) is 13.4. The molecule has 0 unspecified atom stereocenters. The second-order valence-corrected chi connectivity index (χ2v) is 8.59. The lowest BCUT2D eigenvalue weighted by molar-refractivity contribution is -0.142. The van der Waals surface area contributed by atoms with Crippen molar-refractivity contribution in [3.8, 4) is 0 Å². The Balaban J connectivity index is 1.82. The van der Waals surface area contributed by atoms with Gasteiger partial charge in [0.2, 0.25) is 11.8 Å². The van der Waals surface area contributed by atoms with E-state index in [0.717, 1.165) is 50.5 Å². The van der Waals surface area contributed by atoms with Crippen molar-refractivity contribution in [3.63, 3.8) is 0 Å². The van der Waals surface area contributed by atoms with Crippen LogP contribution in [0.4, 0.5) is 4.39 Å². The first-order valence-electron chi connectivity index (χ1n) is 10.8. The van der Waals surface area contributed by atoms with Crippen LogP contribution in [0.2, 0.25) is 0 Å². The lowest BCUT2D eigenvalue weighted by Crippen LogP contribution is -2.49. The van der Waals surface area contributed by atoms with Crippen LogP contribution in [0.15, 0.2) is 18.2 Å². The monoisotopic (exact) mass is 388 g/mol. The molecule has 2 aliphatic rings. The Morgan fingerprint density at radius 1 is 1.18 bits per heavy atom. The van der Waals surface area contributed by atoms with E-state index in [9.17, 15) is 14.0 Å². The van der Waals surface area contributed by atoms with E-state index < -0.39 is 0 Å². The topological polar surface area (TPSA) is 49.4 Å². The molecule has 3 rings (SSSR count). The molecule has 2 amide bonds. The molecular weight excluding hydrogens is 355 g/mol. The summed E-state index contributed by atoms with van der Waals surface area (Å²) in [7, 11) is 0. The van der Waals surface area contributed by atoms with Crippen LogP contribution in [-0.2, 0) is 9.59 Å². The zero-order valence-corrected chi connectivity index (χ0v) is 17.3. The molecule has 154 valence electrons. The second kappa shape index (κ2) is 9.06. The van der Waals surface area contributed by atoms with Crippen molar-refractivity contribution >= 4 is 11.8 Å². The summed E-state index contributed by atoms with van der Waals surface area (Å²) in [6.07, 6.45) is 6.45. The maximum Gasteiger partial charge on any atom is 0.226 e. The number of rotatable bonds is 5. The average Bonchev–Trinajstić information content (AvgIpc) is 3.23. The third-order valence-electron chi connectivity index (χ3n) is 6.51. The van der Waals surface area contributed by atoms with E-state index in [1.165, 1.54) is 6.07 Å². The third-order valence-corrected chi connectivity index (χ3v) is 6.51. The van der Waals surface area contributed by atoms with Gasteiger partial charge in [-0.3, -0.25) is 9.59 Å². The first-order valence-corrected chi connectivity index (χ1v) is 10.8. The number of amides is 2. The van der Waals surface area contributed by atoms with Crippen LogP contribution in [0.1, 0.15) is 76.0 Å². The van der Waals surface area contributed by atoms with Gasteiger partial charge in [0.25, 0.3) is 0 Å². The number of carbonyl (C=O) groups excluding carboxylic acids is 2. The summed E-state index contributed by atoms with van der Waals surface area (Å²) in [6.45, 7) is 6.27. The summed E-state index contributed by atoms with van der Waals surface area (Å²) < 4.78 is 13.8. The van der Waals surface area contributed by atoms with Crippen molar-refractivity contribution in [1.29, 1.82) is 0 Å². The summed E-state index contributed by atoms with van der Waals surface area (Å²) in [5.74, 6) is -0.102. The summed E-state index contributed by atoms with van der Waals surface area (Å²) in [6, 6.07) is 5.21. The van der Waals surface area contributed by atoms with Gasteiger partial charge in [0, 0.05) is 18.5 Å². The SMILES string of the molecule is CC[C@H](C)NC(=O)[C@@H]1CC[C@@H](c2ccc(F)c(C)c2)N(C(=O)C2CCCC2)C1. The lowest BCUT2D eigenvalue weighted by atomic mass is 9.86. The van der Waals surface area contributed by atoms with Gasteiger partial charge in [-0.25, -0.2) is 4.39 Å². The Bertz CT molecular complexity index is 715. The highest BCUT2D eigenvalue weighted by Gasteiger charge is 2.38. The zero-order chi connectivity index (χ0) is 20.3. The number of aryl methyl sites for hydroxylation is 1. The molecule has 0 aromatic heterocycles. The minimum Gasteiger partial charge on any atom is -0.353 e. The van der Waals surface area contributed by atoms with Gasteiger partial charge >= 0.3 is 0 Å². The highest BCUT2D eigenvalue weighted by molar-refractivity contribution is 5.83. The molecule has 1 aliphatic carbocycles. The molecule has 1 saturated carbocycles. The summed E-state index contributed by atoms with van der Waals surface area (Å²) in [4.78, 5) is 27.9. The maximum absolute atomic E-state index is 13.8. The fourth-order valence-corrected chi connectivity index (χ4v) is 4.52. The molecule has 1 aromatic carbocycles. The standard InChI is InChI=1S/C23H33FN2O2/c1-4-16(3)25-22(27)19-10-12-21(18-9-11-20(24)15(2)13-18)26(14-19)23(28)17-7-5-6-8-17/h9,11,13,16-17,19,21H,4-8,10,12,14H2,1-3H3,(H,25,27)/t16-,19+,21-/m0/s1. The molecular formula is C23H33FN2O2. The Kier molecular flexibility index (Phi) is 6.73. The van der Waals surface area contributed by atoms with Crippen molar-refractivity contribution in [2.24, 2.45) is 11.8 Å². The van der Waals surface area contributed by atoms with Gasteiger partial charge in [0.15, 0.2) is 0 Å². The smallest absolute Gasteiger partial charge is 0.226 e. The predicted molar refractivity (Wildman–Crippen MR) is 108 cm³/mol. The predicted octanol–water partition coefficient (Wildman–Crippen LogP) is 4.52. The van der Waals surface area contributed by atoms with Gasteiger partial charge in [-0.1, -0.05) is 31.9 Å². The van der Waals surface area contributed by atoms with Crippen LogP contribution < -0.4 is 5.32 Å². The van der Waals surface area contributed by atoms with Crippen LogP contribution in [0.25, 0.3) is 0 Å². The number of nitrogens with zero attached hydrogens (tertiary/aromatic N) is 1. The van der Waals surface area contributed by atoms with E-state index in [0.29, 0.717) is 12.1 Å². The average molecular weight is 389 g/mol. The highest BCUT2D eigenvalue weighted by atomic mass is 19.1. The molecule has 1 aliphatic heterocycles. The van der Waals surface area contributed by atoms with Crippen molar-refractivity contribution < 1.29 is 14.0 Å². The Hall–Kier alpha value is -1.91. The van der Waals surface area contributed by atoms with Crippen molar-refractivity contribution in [2.75, 3.05) is 6.54 Å². The number of likely N-dealkylation sites (tertiary alicyclic amines) is 1. The Morgan fingerprint density at radius 3 is 2.54 bits per heavy atom. The van der Waals surface area contributed by atoms with Crippen LogP contribution >= 0.6 is 0 Å². The molecule has 1 aromatic rings. The molecule has 28 heavy (non-hydrogen) atoms. The fourth-order valence-electron chi connectivity index (χ4n) is 4.52. The largest absolute Gasteiger partial charge is 0.353 e. The Morgan fingerprint density at radius 2 is 1.89 bits per heavy atom. The lowest BCUT2D eigenvalue weighted by Gasteiger charge is -2.41. The number of piperidine rings is 1. The quantitative estimate of drug-likeness (QED) is 0.806. The van der Waals surface area contributed by atoms with Gasteiger partial charge in [-0.15, -0.1) is 0 Å². The summed E-state index contributed by atoms with van der Waals surface area (Å²) in [5, 5.41) is 3.07.